The van der Waals surface area contributed by atoms with Crippen molar-refractivity contribution >= 4 is 17.5 Å². The Morgan fingerprint density at radius 3 is 2.82 bits per heavy atom. The first-order chi connectivity index (χ1) is 16.1. The average Bonchev–Trinajstić information content (AvgIpc) is 3.50. The molecule has 2 fully saturated rings. The van der Waals surface area contributed by atoms with Gasteiger partial charge in [0, 0.05) is 36.1 Å². The van der Waals surface area contributed by atoms with Crippen LogP contribution in [0.4, 0.5) is 0 Å². The predicted molar refractivity (Wildman–Crippen MR) is 128 cm³/mol. The molecule has 0 bridgehead atoms. The molecule has 1 unspecified atom stereocenters. The van der Waals surface area contributed by atoms with Gasteiger partial charge < -0.3 is 9.80 Å². The highest BCUT2D eigenvalue weighted by Crippen LogP contribution is 2.33. The molecule has 8 heteroatoms. The van der Waals surface area contributed by atoms with Crippen LogP contribution >= 0.6 is 11.6 Å². The maximum absolute atomic E-state index is 13.4. The summed E-state index contributed by atoms with van der Waals surface area (Å²) in [6.07, 6.45) is 9.59. The normalized spacial score (nSPS) is 19.8. The maximum atomic E-state index is 13.4. The average molecular weight is 465 g/mol. The van der Waals surface area contributed by atoms with Crippen LogP contribution in [-0.4, -0.2) is 62.1 Å². The first kappa shape index (κ1) is 22.0. The molecule has 3 aromatic rings. The Hall–Kier alpha value is -2.77. The molecule has 5 rings (SSSR count). The third-order valence-electron chi connectivity index (χ3n) is 6.78. The van der Waals surface area contributed by atoms with E-state index >= 15 is 0 Å². The lowest BCUT2D eigenvalue weighted by Gasteiger charge is -2.28. The molecule has 172 valence electrons. The fourth-order valence-corrected chi connectivity index (χ4v) is 5.08. The molecule has 2 saturated heterocycles. The van der Waals surface area contributed by atoms with Crippen LogP contribution in [0.15, 0.2) is 48.9 Å². The topological polar surface area (TPSA) is 67.2 Å². The van der Waals surface area contributed by atoms with Gasteiger partial charge in [-0.1, -0.05) is 23.7 Å². The fraction of sp³-hybridized carbons (Fsp3) is 0.440. The van der Waals surface area contributed by atoms with Crippen LogP contribution < -0.4 is 0 Å². The molecule has 2 aliphatic heterocycles. The van der Waals surface area contributed by atoms with Crippen molar-refractivity contribution in [1.29, 1.82) is 0 Å². The number of carbonyl (C=O) groups excluding carboxylic acids is 1. The molecule has 1 atom stereocenters. The molecule has 7 nitrogen and oxygen atoms in total. The zero-order valence-electron chi connectivity index (χ0n) is 18.9. The highest BCUT2D eigenvalue weighted by atomic mass is 35.5. The number of hydrogen-bond donors (Lipinski definition) is 0. The summed E-state index contributed by atoms with van der Waals surface area (Å²) in [4.78, 5) is 26.9. The van der Waals surface area contributed by atoms with Crippen LogP contribution in [0.3, 0.4) is 0 Å². The van der Waals surface area contributed by atoms with Crippen LogP contribution in [0.1, 0.15) is 47.8 Å². The Morgan fingerprint density at radius 1 is 1.15 bits per heavy atom. The van der Waals surface area contributed by atoms with E-state index in [2.05, 4.69) is 22.0 Å². The van der Waals surface area contributed by atoms with Gasteiger partial charge in [0.2, 0.25) is 0 Å². The van der Waals surface area contributed by atoms with E-state index in [1.165, 1.54) is 12.8 Å². The Bertz CT molecular complexity index is 1120. The van der Waals surface area contributed by atoms with E-state index in [0.717, 1.165) is 50.3 Å². The van der Waals surface area contributed by atoms with Crippen molar-refractivity contribution in [2.24, 2.45) is 5.92 Å². The quantitative estimate of drug-likeness (QED) is 0.562. The summed E-state index contributed by atoms with van der Waals surface area (Å²) in [5, 5.41) is 5.15. The first-order valence-corrected chi connectivity index (χ1v) is 12.1. The monoisotopic (exact) mass is 464 g/mol. The van der Waals surface area contributed by atoms with Gasteiger partial charge in [0.15, 0.2) is 5.82 Å². The molecule has 2 aromatic heterocycles. The number of rotatable bonds is 5. The summed E-state index contributed by atoms with van der Waals surface area (Å²) in [5.41, 5.74) is 2.39. The van der Waals surface area contributed by atoms with Crippen molar-refractivity contribution in [3.05, 3.63) is 65.2 Å². The summed E-state index contributed by atoms with van der Waals surface area (Å²) in [7, 11) is 2.17. The van der Waals surface area contributed by atoms with E-state index in [-0.39, 0.29) is 11.9 Å². The minimum Gasteiger partial charge on any atom is -0.330 e. The highest BCUT2D eigenvalue weighted by Gasteiger charge is 2.32. The number of halogens is 1. The van der Waals surface area contributed by atoms with Gasteiger partial charge >= 0.3 is 0 Å². The van der Waals surface area contributed by atoms with Crippen molar-refractivity contribution < 1.29 is 4.79 Å². The summed E-state index contributed by atoms with van der Waals surface area (Å²) in [6, 6.07) is 9.38. The summed E-state index contributed by atoms with van der Waals surface area (Å²) in [5.74, 6) is 1.27. The first-order valence-electron chi connectivity index (χ1n) is 11.7. The smallest absolute Gasteiger partial charge is 0.257 e. The van der Waals surface area contributed by atoms with Gasteiger partial charge in [-0.05, 0) is 69.9 Å². The van der Waals surface area contributed by atoms with Crippen LogP contribution in [0.2, 0.25) is 5.02 Å². The maximum Gasteiger partial charge on any atom is 0.257 e. The molecule has 2 aliphatic rings. The lowest BCUT2D eigenvalue weighted by atomic mass is 9.97. The number of piperidine rings is 1. The largest absolute Gasteiger partial charge is 0.330 e. The Morgan fingerprint density at radius 2 is 2.00 bits per heavy atom. The van der Waals surface area contributed by atoms with Crippen LogP contribution in [0.5, 0.6) is 0 Å². The van der Waals surface area contributed by atoms with Crippen molar-refractivity contribution in [3.63, 3.8) is 0 Å². The molecule has 0 radical (unpaired) electrons. The predicted octanol–water partition coefficient (Wildman–Crippen LogP) is 4.31. The molecular formula is C25H29ClN6O. The number of aromatic nitrogens is 4. The van der Waals surface area contributed by atoms with Gasteiger partial charge in [-0.25, -0.2) is 9.97 Å². The Labute approximate surface area is 199 Å². The molecular weight excluding hydrogens is 436 g/mol. The minimum absolute atomic E-state index is 0.0232. The molecule has 0 spiro atoms. The second-order valence-corrected chi connectivity index (χ2v) is 9.61. The zero-order chi connectivity index (χ0) is 22.8. The number of amides is 1. The van der Waals surface area contributed by atoms with Crippen molar-refractivity contribution in [2.45, 2.75) is 38.3 Å². The third kappa shape index (κ3) is 4.94. The molecule has 4 heterocycles. The Balaban J connectivity index is 1.30. The molecule has 0 N–H and O–H groups in total. The number of likely N-dealkylation sites (tertiary alicyclic amines) is 2. The SMILES string of the molecule is CN1CCC(Cn2cc(C(=O)N3CCCC3c3ccnc(-c4cccc(Cl)c4)n3)cn2)CC1. The van der Waals surface area contributed by atoms with Crippen molar-refractivity contribution in [1.82, 2.24) is 29.5 Å². The highest BCUT2D eigenvalue weighted by molar-refractivity contribution is 6.30. The van der Waals surface area contributed by atoms with Gasteiger partial charge in [0.25, 0.3) is 5.91 Å². The summed E-state index contributed by atoms with van der Waals surface area (Å²) < 4.78 is 1.94. The third-order valence-corrected chi connectivity index (χ3v) is 7.01. The number of nitrogens with zero attached hydrogens (tertiary/aromatic N) is 6. The second kappa shape index (κ2) is 9.61. The van der Waals surface area contributed by atoms with Crippen molar-refractivity contribution in [2.75, 3.05) is 26.7 Å². The minimum atomic E-state index is -0.0596. The summed E-state index contributed by atoms with van der Waals surface area (Å²) >= 11 is 6.15. The summed E-state index contributed by atoms with van der Waals surface area (Å²) in [6.45, 7) is 3.85. The molecule has 0 aliphatic carbocycles. The molecule has 33 heavy (non-hydrogen) atoms. The van der Waals surface area contributed by atoms with Gasteiger partial charge in [-0.15, -0.1) is 0 Å². The lowest BCUT2D eigenvalue weighted by molar-refractivity contribution is 0.0732. The lowest BCUT2D eigenvalue weighted by Crippen LogP contribution is -2.32. The van der Waals surface area contributed by atoms with Crippen molar-refractivity contribution in [3.8, 4) is 11.4 Å². The van der Waals surface area contributed by atoms with E-state index in [9.17, 15) is 4.79 Å². The van der Waals surface area contributed by atoms with E-state index in [4.69, 9.17) is 16.6 Å². The van der Waals surface area contributed by atoms with E-state index in [1.807, 2.05) is 46.1 Å². The van der Waals surface area contributed by atoms with E-state index in [1.54, 1.807) is 12.4 Å². The van der Waals surface area contributed by atoms with Gasteiger partial charge in [0.1, 0.15) is 0 Å². The Kier molecular flexibility index (Phi) is 6.42. The van der Waals surface area contributed by atoms with Crippen LogP contribution in [0.25, 0.3) is 11.4 Å². The zero-order valence-corrected chi connectivity index (χ0v) is 19.7. The number of hydrogen-bond acceptors (Lipinski definition) is 5. The van der Waals surface area contributed by atoms with Gasteiger partial charge in [-0.2, -0.15) is 5.10 Å². The molecule has 1 amide bonds. The van der Waals surface area contributed by atoms with E-state index in [0.29, 0.717) is 22.3 Å². The van der Waals surface area contributed by atoms with Gasteiger partial charge in [-0.3, -0.25) is 9.48 Å². The molecule has 0 saturated carbocycles. The fourth-order valence-electron chi connectivity index (χ4n) is 4.89. The number of benzene rings is 1. The standard InChI is InChI=1S/C25H29ClN6O/c1-30-12-8-18(9-13-30)16-31-17-20(15-28-31)25(33)32-11-3-6-23(32)22-7-10-27-24(29-22)19-4-2-5-21(26)14-19/h2,4-5,7,10,14-15,17-18,23H,3,6,8-9,11-13,16H2,1H3. The van der Waals surface area contributed by atoms with Crippen LogP contribution in [0, 0.1) is 5.92 Å². The van der Waals surface area contributed by atoms with E-state index < -0.39 is 0 Å². The second-order valence-electron chi connectivity index (χ2n) is 9.17. The van der Waals surface area contributed by atoms with Crippen LogP contribution in [-0.2, 0) is 6.54 Å². The molecule has 1 aromatic carbocycles. The van der Waals surface area contributed by atoms with Gasteiger partial charge in [0.05, 0.1) is 23.5 Å². The number of carbonyl (C=O) groups is 1.